The Hall–Kier alpha value is -1.85. The molecule has 1 aliphatic rings. The SMILES string of the molecule is Cc1ccc(S(=O)(=O)Nc2ccccc2CCC2CO2)cc1. The molecule has 0 amide bonds. The van der Waals surface area contributed by atoms with Gasteiger partial charge in [-0.1, -0.05) is 35.9 Å². The van der Waals surface area contributed by atoms with E-state index in [0.29, 0.717) is 11.8 Å². The van der Waals surface area contributed by atoms with Gasteiger partial charge in [0.2, 0.25) is 0 Å². The number of ether oxygens (including phenoxy) is 1. The van der Waals surface area contributed by atoms with Crippen LogP contribution in [0.4, 0.5) is 5.69 Å². The predicted octanol–water partition coefficient (Wildman–Crippen LogP) is 3.13. The third-order valence-corrected chi connectivity index (χ3v) is 5.11. The maximum Gasteiger partial charge on any atom is 0.261 e. The number of nitrogens with one attached hydrogen (secondary N) is 1. The van der Waals surface area contributed by atoms with Gasteiger partial charge in [-0.15, -0.1) is 0 Å². The van der Waals surface area contributed by atoms with Crippen LogP contribution in [0.3, 0.4) is 0 Å². The Morgan fingerprint density at radius 3 is 2.50 bits per heavy atom. The summed E-state index contributed by atoms with van der Waals surface area (Å²) in [6.45, 7) is 2.75. The Kier molecular flexibility index (Phi) is 4.18. The summed E-state index contributed by atoms with van der Waals surface area (Å²) in [6, 6.07) is 14.4. The first-order valence-electron chi connectivity index (χ1n) is 7.33. The maximum atomic E-state index is 12.5. The van der Waals surface area contributed by atoms with Crippen molar-refractivity contribution in [1.82, 2.24) is 0 Å². The summed E-state index contributed by atoms with van der Waals surface area (Å²) in [5, 5.41) is 0. The van der Waals surface area contributed by atoms with Gasteiger partial charge in [0.15, 0.2) is 0 Å². The van der Waals surface area contributed by atoms with Gasteiger partial charge in [0.05, 0.1) is 23.3 Å². The molecule has 1 N–H and O–H groups in total. The van der Waals surface area contributed by atoms with Crippen LogP contribution < -0.4 is 4.72 Å². The van der Waals surface area contributed by atoms with E-state index in [1.165, 1.54) is 0 Å². The lowest BCUT2D eigenvalue weighted by Gasteiger charge is -2.12. The highest BCUT2D eigenvalue weighted by atomic mass is 32.2. The van der Waals surface area contributed by atoms with Crippen LogP contribution in [-0.2, 0) is 21.2 Å². The zero-order valence-corrected chi connectivity index (χ0v) is 13.3. The smallest absolute Gasteiger partial charge is 0.261 e. The number of hydrogen-bond donors (Lipinski definition) is 1. The zero-order valence-electron chi connectivity index (χ0n) is 12.5. The number of anilines is 1. The van der Waals surface area contributed by atoms with Crippen LogP contribution in [0, 0.1) is 6.92 Å². The monoisotopic (exact) mass is 317 g/mol. The fourth-order valence-corrected chi connectivity index (χ4v) is 3.41. The molecule has 1 heterocycles. The lowest BCUT2D eigenvalue weighted by molar-refractivity contribution is 0.397. The van der Waals surface area contributed by atoms with Crippen molar-refractivity contribution in [3.05, 3.63) is 59.7 Å². The molecule has 0 aromatic heterocycles. The molecule has 1 fully saturated rings. The predicted molar refractivity (Wildman–Crippen MR) is 86.5 cm³/mol. The number of epoxide rings is 1. The molecule has 0 aliphatic carbocycles. The Bertz CT molecular complexity index is 750. The van der Waals surface area contributed by atoms with Crippen LogP contribution in [0.15, 0.2) is 53.4 Å². The second-order valence-corrected chi connectivity index (χ2v) is 7.25. The Labute approximate surface area is 131 Å². The number of rotatable bonds is 6. The fourth-order valence-electron chi connectivity index (χ4n) is 2.31. The molecule has 3 rings (SSSR count). The number of aryl methyl sites for hydroxylation is 2. The van der Waals surface area contributed by atoms with Gasteiger partial charge in [-0.05, 0) is 43.5 Å². The van der Waals surface area contributed by atoms with E-state index in [9.17, 15) is 8.42 Å². The first-order chi connectivity index (χ1) is 10.5. The molecular weight excluding hydrogens is 298 g/mol. The van der Waals surface area contributed by atoms with Crippen molar-refractivity contribution in [1.29, 1.82) is 0 Å². The summed E-state index contributed by atoms with van der Waals surface area (Å²) in [4.78, 5) is 0.276. The normalized spacial score (nSPS) is 17.2. The van der Waals surface area contributed by atoms with Crippen molar-refractivity contribution < 1.29 is 13.2 Å². The summed E-state index contributed by atoms with van der Waals surface area (Å²) in [7, 11) is -3.56. The lowest BCUT2D eigenvalue weighted by atomic mass is 10.1. The molecule has 22 heavy (non-hydrogen) atoms. The topological polar surface area (TPSA) is 58.7 Å². The highest BCUT2D eigenvalue weighted by molar-refractivity contribution is 7.92. The minimum atomic E-state index is -3.56. The summed E-state index contributed by atoms with van der Waals surface area (Å²) in [5.41, 5.74) is 2.67. The van der Waals surface area contributed by atoms with Crippen molar-refractivity contribution in [2.45, 2.75) is 30.8 Å². The van der Waals surface area contributed by atoms with Crippen LogP contribution in [0.2, 0.25) is 0 Å². The quantitative estimate of drug-likeness (QED) is 0.833. The van der Waals surface area contributed by atoms with E-state index < -0.39 is 10.0 Å². The van der Waals surface area contributed by atoms with Crippen LogP contribution >= 0.6 is 0 Å². The molecule has 4 nitrogen and oxygen atoms in total. The molecule has 116 valence electrons. The molecule has 5 heteroatoms. The standard InChI is InChI=1S/C17H19NO3S/c1-13-6-10-16(11-7-13)22(19,20)18-17-5-3-2-4-14(17)8-9-15-12-21-15/h2-7,10-11,15,18H,8-9,12H2,1H3. The zero-order chi connectivity index (χ0) is 15.6. The highest BCUT2D eigenvalue weighted by Gasteiger charge is 2.22. The summed E-state index contributed by atoms with van der Waals surface area (Å²) in [5.74, 6) is 0. The van der Waals surface area contributed by atoms with Gasteiger partial charge in [0.25, 0.3) is 10.0 Å². The van der Waals surface area contributed by atoms with Crippen molar-refractivity contribution >= 4 is 15.7 Å². The van der Waals surface area contributed by atoms with E-state index in [2.05, 4.69) is 4.72 Å². The first kappa shape index (κ1) is 15.1. The molecule has 0 spiro atoms. The average Bonchev–Trinajstić information content (AvgIpc) is 3.31. The van der Waals surface area contributed by atoms with E-state index in [0.717, 1.165) is 30.6 Å². The minimum Gasteiger partial charge on any atom is -0.373 e. The molecule has 2 aromatic rings. The van der Waals surface area contributed by atoms with Crippen LogP contribution in [0.5, 0.6) is 0 Å². The summed E-state index contributed by atoms with van der Waals surface area (Å²) < 4.78 is 32.9. The van der Waals surface area contributed by atoms with E-state index >= 15 is 0 Å². The molecule has 1 atom stereocenters. The minimum absolute atomic E-state index is 0.276. The van der Waals surface area contributed by atoms with Crippen molar-refractivity contribution in [2.24, 2.45) is 0 Å². The van der Waals surface area contributed by atoms with Gasteiger partial charge in [0, 0.05) is 0 Å². The Balaban J connectivity index is 1.80. The van der Waals surface area contributed by atoms with Crippen molar-refractivity contribution in [2.75, 3.05) is 11.3 Å². The van der Waals surface area contributed by atoms with E-state index in [4.69, 9.17) is 4.74 Å². The highest BCUT2D eigenvalue weighted by Crippen LogP contribution is 2.24. The number of sulfonamides is 1. The van der Waals surface area contributed by atoms with Crippen molar-refractivity contribution in [3.8, 4) is 0 Å². The van der Waals surface area contributed by atoms with Gasteiger partial charge in [-0.3, -0.25) is 4.72 Å². The fraction of sp³-hybridized carbons (Fsp3) is 0.294. The molecule has 1 aliphatic heterocycles. The van der Waals surface area contributed by atoms with Crippen molar-refractivity contribution in [3.63, 3.8) is 0 Å². The van der Waals surface area contributed by atoms with Gasteiger partial charge in [-0.2, -0.15) is 0 Å². The third-order valence-electron chi connectivity index (χ3n) is 3.73. The second-order valence-electron chi connectivity index (χ2n) is 5.57. The number of para-hydroxylation sites is 1. The first-order valence-corrected chi connectivity index (χ1v) is 8.82. The molecular formula is C17H19NO3S. The van der Waals surface area contributed by atoms with E-state index in [-0.39, 0.29) is 4.90 Å². The average molecular weight is 317 g/mol. The molecule has 0 radical (unpaired) electrons. The van der Waals surface area contributed by atoms with Gasteiger partial charge >= 0.3 is 0 Å². The van der Waals surface area contributed by atoms with Gasteiger partial charge in [-0.25, -0.2) is 8.42 Å². The van der Waals surface area contributed by atoms with Crippen LogP contribution in [0.25, 0.3) is 0 Å². The van der Waals surface area contributed by atoms with Crippen LogP contribution in [0.1, 0.15) is 17.5 Å². The number of benzene rings is 2. The summed E-state index contributed by atoms with van der Waals surface area (Å²) >= 11 is 0. The third kappa shape index (κ3) is 3.67. The lowest BCUT2D eigenvalue weighted by Crippen LogP contribution is -2.14. The molecule has 1 unspecified atom stereocenters. The number of hydrogen-bond acceptors (Lipinski definition) is 3. The molecule has 2 aromatic carbocycles. The Morgan fingerprint density at radius 1 is 1.14 bits per heavy atom. The molecule has 0 bridgehead atoms. The molecule has 1 saturated heterocycles. The van der Waals surface area contributed by atoms with E-state index in [1.54, 1.807) is 30.3 Å². The maximum absolute atomic E-state index is 12.5. The van der Waals surface area contributed by atoms with Gasteiger partial charge < -0.3 is 4.74 Å². The second kappa shape index (κ2) is 6.10. The largest absolute Gasteiger partial charge is 0.373 e. The molecule has 0 saturated carbocycles. The summed E-state index contributed by atoms with van der Waals surface area (Å²) in [6.07, 6.45) is 2.06. The Morgan fingerprint density at radius 2 is 1.82 bits per heavy atom. The van der Waals surface area contributed by atoms with E-state index in [1.807, 2.05) is 25.1 Å². The van der Waals surface area contributed by atoms with Gasteiger partial charge in [0.1, 0.15) is 0 Å². The van der Waals surface area contributed by atoms with Crippen LogP contribution in [-0.4, -0.2) is 21.1 Å².